The lowest BCUT2D eigenvalue weighted by molar-refractivity contribution is -0.121. The SMILES string of the molecule is CC(C)(C)c1ccc2c(c1)N(Cc1nc(-c3ccc(F)c(Cl)c3)no1)C(=O)CO2. The van der Waals surface area contributed by atoms with Crippen LogP contribution in [0, 0.1) is 5.82 Å². The van der Waals surface area contributed by atoms with Crippen LogP contribution in [-0.2, 0) is 16.8 Å². The van der Waals surface area contributed by atoms with Gasteiger partial charge in [-0.25, -0.2) is 4.39 Å². The maximum Gasteiger partial charge on any atom is 0.265 e. The van der Waals surface area contributed by atoms with E-state index in [1.54, 1.807) is 4.90 Å². The number of rotatable bonds is 3. The molecule has 0 bridgehead atoms. The highest BCUT2D eigenvalue weighted by atomic mass is 35.5. The van der Waals surface area contributed by atoms with E-state index >= 15 is 0 Å². The minimum atomic E-state index is -0.524. The first-order chi connectivity index (χ1) is 13.7. The molecule has 2 aromatic carbocycles. The van der Waals surface area contributed by atoms with Gasteiger partial charge in [0, 0.05) is 5.56 Å². The molecular weight excluding hydrogens is 397 g/mol. The van der Waals surface area contributed by atoms with Crippen LogP contribution in [0.15, 0.2) is 40.9 Å². The molecule has 0 saturated carbocycles. The molecule has 150 valence electrons. The number of ether oxygens (including phenoxy) is 1. The fraction of sp³-hybridized carbons (Fsp3) is 0.286. The van der Waals surface area contributed by atoms with Gasteiger partial charge in [-0.05, 0) is 41.3 Å². The van der Waals surface area contributed by atoms with Crippen molar-refractivity contribution >= 4 is 23.2 Å². The van der Waals surface area contributed by atoms with Gasteiger partial charge in [0.25, 0.3) is 5.91 Å². The number of carbonyl (C=O) groups excluding carboxylic acids is 1. The number of anilines is 1. The van der Waals surface area contributed by atoms with Gasteiger partial charge in [0.05, 0.1) is 10.7 Å². The van der Waals surface area contributed by atoms with E-state index in [4.69, 9.17) is 20.9 Å². The predicted octanol–water partition coefficient (Wildman–Crippen LogP) is 4.75. The second kappa shape index (κ2) is 7.15. The van der Waals surface area contributed by atoms with Crippen molar-refractivity contribution in [3.63, 3.8) is 0 Å². The topological polar surface area (TPSA) is 68.5 Å². The molecule has 0 radical (unpaired) electrons. The smallest absolute Gasteiger partial charge is 0.265 e. The Hall–Kier alpha value is -2.93. The van der Waals surface area contributed by atoms with E-state index in [1.165, 1.54) is 18.2 Å². The van der Waals surface area contributed by atoms with Crippen LogP contribution in [0.25, 0.3) is 11.4 Å². The van der Waals surface area contributed by atoms with Crippen molar-refractivity contribution in [1.29, 1.82) is 0 Å². The number of amides is 1. The molecule has 1 aromatic heterocycles. The summed E-state index contributed by atoms with van der Waals surface area (Å²) >= 11 is 5.83. The number of fused-ring (bicyclic) bond motifs is 1. The third-order valence-corrected chi connectivity index (χ3v) is 5.00. The largest absolute Gasteiger partial charge is 0.482 e. The van der Waals surface area contributed by atoms with Gasteiger partial charge in [0.15, 0.2) is 6.61 Å². The van der Waals surface area contributed by atoms with Crippen LogP contribution in [0.2, 0.25) is 5.02 Å². The maximum absolute atomic E-state index is 13.4. The van der Waals surface area contributed by atoms with Crippen LogP contribution >= 0.6 is 11.6 Å². The Balaban J connectivity index is 1.64. The lowest BCUT2D eigenvalue weighted by Gasteiger charge is -2.30. The number of hydrogen-bond donors (Lipinski definition) is 0. The van der Waals surface area contributed by atoms with Crippen LogP contribution in [0.3, 0.4) is 0 Å². The van der Waals surface area contributed by atoms with Crippen molar-refractivity contribution in [1.82, 2.24) is 10.1 Å². The molecule has 1 amide bonds. The van der Waals surface area contributed by atoms with Gasteiger partial charge in [0.1, 0.15) is 18.1 Å². The first kappa shape index (κ1) is 19.4. The van der Waals surface area contributed by atoms with Crippen molar-refractivity contribution in [2.45, 2.75) is 32.7 Å². The summed E-state index contributed by atoms with van der Waals surface area (Å²) in [4.78, 5) is 18.4. The van der Waals surface area contributed by atoms with Gasteiger partial charge in [0.2, 0.25) is 11.7 Å². The predicted molar refractivity (Wildman–Crippen MR) is 107 cm³/mol. The Bertz CT molecular complexity index is 1090. The van der Waals surface area contributed by atoms with Crippen molar-refractivity contribution in [3.05, 3.63) is 58.7 Å². The number of hydrogen-bond acceptors (Lipinski definition) is 5. The lowest BCUT2D eigenvalue weighted by Crippen LogP contribution is -2.38. The zero-order valence-corrected chi connectivity index (χ0v) is 17.0. The molecule has 0 unspecified atom stereocenters. The molecule has 0 saturated heterocycles. The Morgan fingerprint density at radius 2 is 2.00 bits per heavy atom. The van der Waals surface area contributed by atoms with Gasteiger partial charge < -0.3 is 9.26 Å². The molecule has 1 aliphatic heterocycles. The summed E-state index contributed by atoms with van der Waals surface area (Å²) in [6.45, 7) is 6.34. The van der Waals surface area contributed by atoms with E-state index in [9.17, 15) is 9.18 Å². The number of carbonyl (C=O) groups is 1. The van der Waals surface area contributed by atoms with Crippen molar-refractivity contribution in [2.24, 2.45) is 0 Å². The van der Waals surface area contributed by atoms with Gasteiger partial charge in [-0.1, -0.05) is 43.6 Å². The number of nitrogens with zero attached hydrogens (tertiary/aromatic N) is 3. The normalized spacial score (nSPS) is 14.0. The summed E-state index contributed by atoms with van der Waals surface area (Å²) in [6.07, 6.45) is 0. The van der Waals surface area contributed by atoms with E-state index in [0.717, 1.165) is 5.56 Å². The second-order valence-corrected chi connectivity index (χ2v) is 8.25. The molecule has 3 aromatic rings. The quantitative estimate of drug-likeness (QED) is 0.617. The van der Waals surface area contributed by atoms with Gasteiger partial charge in [-0.15, -0.1) is 0 Å². The summed E-state index contributed by atoms with van der Waals surface area (Å²) in [5.41, 5.74) is 2.18. The first-order valence-electron chi connectivity index (χ1n) is 9.08. The van der Waals surface area contributed by atoms with Crippen molar-refractivity contribution in [2.75, 3.05) is 11.5 Å². The highest BCUT2D eigenvalue weighted by molar-refractivity contribution is 6.31. The van der Waals surface area contributed by atoms with E-state index in [0.29, 0.717) is 17.0 Å². The van der Waals surface area contributed by atoms with Crippen molar-refractivity contribution < 1.29 is 18.4 Å². The summed E-state index contributed by atoms with van der Waals surface area (Å²) in [7, 11) is 0. The Morgan fingerprint density at radius 1 is 1.21 bits per heavy atom. The third-order valence-electron chi connectivity index (χ3n) is 4.71. The molecule has 0 spiro atoms. The number of aromatic nitrogens is 2. The maximum atomic E-state index is 13.4. The summed E-state index contributed by atoms with van der Waals surface area (Å²) in [5, 5.41) is 3.90. The molecule has 8 heteroatoms. The molecule has 29 heavy (non-hydrogen) atoms. The van der Waals surface area contributed by atoms with Crippen LogP contribution in [-0.4, -0.2) is 22.7 Å². The molecule has 2 heterocycles. The van der Waals surface area contributed by atoms with Crippen LogP contribution in [0.5, 0.6) is 5.75 Å². The van der Waals surface area contributed by atoms with E-state index in [-0.39, 0.29) is 41.2 Å². The molecule has 6 nitrogen and oxygen atoms in total. The number of halogens is 2. The second-order valence-electron chi connectivity index (χ2n) is 7.84. The van der Waals surface area contributed by atoms with E-state index in [2.05, 4.69) is 30.9 Å². The lowest BCUT2D eigenvalue weighted by atomic mass is 9.86. The molecule has 4 rings (SSSR count). The van der Waals surface area contributed by atoms with Gasteiger partial charge in [-0.2, -0.15) is 4.98 Å². The molecule has 0 aliphatic carbocycles. The minimum absolute atomic E-state index is 0.0270. The molecule has 0 atom stereocenters. The highest BCUT2D eigenvalue weighted by Gasteiger charge is 2.29. The monoisotopic (exact) mass is 415 g/mol. The molecule has 0 fully saturated rings. The summed E-state index contributed by atoms with van der Waals surface area (Å²) in [5.74, 6) is 0.425. The van der Waals surface area contributed by atoms with Gasteiger partial charge >= 0.3 is 0 Å². The third kappa shape index (κ3) is 3.82. The summed E-state index contributed by atoms with van der Waals surface area (Å²) in [6, 6.07) is 9.99. The van der Waals surface area contributed by atoms with Crippen LogP contribution < -0.4 is 9.64 Å². The Kier molecular flexibility index (Phi) is 4.78. The highest BCUT2D eigenvalue weighted by Crippen LogP contribution is 2.37. The van der Waals surface area contributed by atoms with Crippen LogP contribution in [0.4, 0.5) is 10.1 Å². The first-order valence-corrected chi connectivity index (χ1v) is 9.46. The summed E-state index contributed by atoms with van der Waals surface area (Å²) < 4.78 is 24.3. The average Bonchev–Trinajstić information content (AvgIpc) is 3.14. The van der Waals surface area contributed by atoms with E-state index < -0.39 is 5.82 Å². The zero-order valence-electron chi connectivity index (χ0n) is 16.2. The van der Waals surface area contributed by atoms with Crippen LogP contribution in [0.1, 0.15) is 32.2 Å². The average molecular weight is 416 g/mol. The fourth-order valence-electron chi connectivity index (χ4n) is 3.05. The molecule has 1 aliphatic rings. The fourth-order valence-corrected chi connectivity index (χ4v) is 3.23. The number of benzene rings is 2. The van der Waals surface area contributed by atoms with Gasteiger partial charge in [-0.3, -0.25) is 9.69 Å². The minimum Gasteiger partial charge on any atom is -0.482 e. The molecular formula is C21H19ClFN3O3. The van der Waals surface area contributed by atoms with Crippen molar-refractivity contribution in [3.8, 4) is 17.1 Å². The Labute approximate surface area is 172 Å². The Morgan fingerprint density at radius 3 is 2.72 bits per heavy atom. The standard InChI is InChI=1S/C21H19ClFN3O3/c1-21(2,3)13-5-7-17-16(9-13)26(19(27)11-28-17)10-18-24-20(25-29-18)12-4-6-15(23)14(22)8-12/h4-9H,10-11H2,1-3H3. The van der Waals surface area contributed by atoms with E-state index in [1.807, 2.05) is 18.2 Å². The molecule has 0 N–H and O–H groups in total. The zero-order chi connectivity index (χ0) is 20.8.